The van der Waals surface area contributed by atoms with Crippen LogP contribution in [0.15, 0.2) is 5.11 Å². The van der Waals surface area contributed by atoms with E-state index >= 15 is 0 Å². The van der Waals surface area contributed by atoms with Crippen molar-refractivity contribution in [3.05, 3.63) is 10.4 Å². The fraction of sp³-hybridized carbons (Fsp3) is 0.909. The number of nitrogens with zero attached hydrogens (tertiary/aromatic N) is 3. The first-order chi connectivity index (χ1) is 8.03. The molecule has 3 unspecified atom stereocenters. The summed E-state index contributed by atoms with van der Waals surface area (Å²) >= 11 is 0. The minimum Gasteiger partial charge on any atom is -0.480 e. The summed E-state index contributed by atoms with van der Waals surface area (Å²) in [6, 6.07) is 0. The van der Waals surface area contributed by atoms with Crippen LogP contribution in [0, 0.1) is 11.8 Å². The third kappa shape index (κ3) is 3.11. The van der Waals surface area contributed by atoms with Gasteiger partial charge in [0.05, 0.1) is 0 Å². The summed E-state index contributed by atoms with van der Waals surface area (Å²) in [5.41, 5.74) is 7.33. The lowest BCUT2D eigenvalue weighted by Gasteiger charge is -2.42. The largest absolute Gasteiger partial charge is 0.480 e. The predicted octanol–water partition coefficient (Wildman–Crippen LogP) is 2.17. The van der Waals surface area contributed by atoms with Crippen molar-refractivity contribution in [2.75, 3.05) is 13.1 Å². The van der Waals surface area contributed by atoms with E-state index in [1.54, 1.807) is 0 Å². The lowest BCUT2D eigenvalue weighted by Crippen LogP contribution is -2.59. The molecule has 0 radical (unpaired) electrons. The molecule has 1 fully saturated rings. The van der Waals surface area contributed by atoms with Crippen molar-refractivity contribution < 1.29 is 9.90 Å². The highest BCUT2D eigenvalue weighted by Crippen LogP contribution is 2.37. The van der Waals surface area contributed by atoms with Gasteiger partial charge in [0.2, 0.25) is 0 Å². The predicted molar refractivity (Wildman–Crippen MR) is 64.6 cm³/mol. The SMILES string of the molecule is CC1CCC(C)C(NCCN=[N+]=[N-])(C(=O)O)C1. The minimum atomic E-state index is -0.858. The normalized spacial score (nSPS) is 32.8. The molecule has 6 nitrogen and oxygen atoms in total. The van der Waals surface area contributed by atoms with Gasteiger partial charge in [-0.25, -0.2) is 0 Å². The maximum absolute atomic E-state index is 11.5. The maximum Gasteiger partial charge on any atom is 0.324 e. The summed E-state index contributed by atoms with van der Waals surface area (Å²) in [4.78, 5) is 14.2. The van der Waals surface area contributed by atoms with E-state index < -0.39 is 11.5 Å². The van der Waals surface area contributed by atoms with Gasteiger partial charge in [-0.3, -0.25) is 4.79 Å². The molecule has 0 aromatic carbocycles. The average Bonchev–Trinajstić information content (AvgIpc) is 2.28. The van der Waals surface area contributed by atoms with Gasteiger partial charge in [-0.05, 0) is 30.2 Å². The molecule has 0 spiro atoms. The van der Waals surface area contributed by atoms with Crippen LogP contribution < -0.4 is 5.32 Å². The Morgan fingerprint density at radius 2 is 2.29 bits per heavy atom. The maximum atomic E-state index is 11.5. The number of azide groups is 1. The molecular formula is C11H20N4O2. The molecule has 0 aromatic rings. The fourth-order valence-corrected chi connectivity index (χ4v) is 2.63. The Balaban J connectivity index is 2.72. The molecule has 96 valence electrons. The number of carboxylic acids is 1. The molecule has 1 aliphatic rings. The van der Waals surface area contributed by atoms with Crippen molar-refractivity contribution in [2.45, 2.75) is 38.6 Å². The number of nitrogens with one attached hydrogen (secondary N) is 1. The van der Waals surface area contributed by atoms with Gasteiger partial charge in [-0.1, -0.05) is 25.4 Å². The smallest absolute Gasteiger partial charge is 0.324 e. The Labute approximate surface area is 101 Å². The molecule has 1 aliphatic carbocycles. The Hall–Kier alpha value is -1.26. The highest BCUT2D eigenvalue weighted by Gasteiger charge is 2.46. The van der Waals surface area contributed by atoms with E-state index in [9.17, 15) is 9.90 Å². The van der Waals surface area contributed by atoms with Gasteiger partial charge in [-0.2, -0.15) is 0 Å². The molecular weight excluding hydrogens is 220 g/mol. The first kappa shape index (κ1) is 13.8. The molecule has 1 rings (SSSR count). The number of aliphatic carboxylic acids is 1. The number of rotatable bonds is 5. The summed E-state index contributed by atoms with van der Waals surface area (Å²) in [7, 11) is 0. The first-order valence-electron chi connectivity index (χ1n) is 6.02. The summed E-state index contributed by atoms with van der Waals surface area (Å²) in [5, 5.41) is 16.0. The molecule has 2 N–H and O–H groups in total. The van der Waals surface area contributed by atoms with Gasteiger partial charge in [0.25, 0.3) is 0 Å². The Morgan fingerprint density at radius 3 is 2.88 bits per heavy atom. The zero-order valence-electron chi connectivity index (χ0n) is 10.4. The Bertz CT molecular complexity index is 327. The zero-order chi connectivity index (χ0) is 12.9. The average molecular weight is 240 g/mol. The topological polar surface area (TPSA) is 98.1 Å². The third-order valence-electron chi connectivity index (χ3n) is 3.70. The molecule has 6 heteroatoms. The molecule has 17 heavy (non-hydrogen) atoms. The van der Waals surface area contributed by atoms with E-state index in [1.165, 1.54) is 0 Å². The lowest BCUT2D eigenvalue weighted by molar-refractivity contribution is -0.149. The molecule has 0 aromatic heterocycles. The highest BCUT2D eigenvalue weighted by atomic mass is 16.4. The van der Waals surface area contributed by atoms with E-state index in [2.05, 4.69) is 22.3 Å². The van der Waals surface area contributed by atoms with Crippen molar-refractivity contribution in [3.63, 3.8) is 0 Å². The van der Waals surface area contributed by atoms with E-state index in [1.807, 2.05) is 6.92 Å². The van der Waals surface area contributed by atoms with Crippen molar-refractivity contribution in [1.82, 2.24) is 5.32 Å². The van der Waals surface area contributed by atoms with Gasteiger partial charge in [0.15, 0.2) is 0 Å². The zero-order valence-corrected chi connectivity index (χ0v) is 10.4. The van der Waals surface area contributed by atoms with Gasteiger partial charge >= 0.3 is 5.97 Å². The number of hydrogen-bond donors (Lipinski definition) is 2. The van der Waals surface area contributed by atoms with Crippen LogP contribution in [0.5, 0.6) is 0 Å². The minimum absolute atomic E-state index is 0.0993. The van der Waals surface area contributed by atoms with E-state index in [4.69, 9.17) is 5.53 Å². The van der Waals surface area contributed by atoms with Gasteiger partial charge in [0.1, 0.15) is 5.54 Å². The van der Waals surface area contributed by atoms with Crippen LogP contribution >= 0.6 is 0 Å². The summed E-state index contributed by atoms with van der Waals surface area (Å²) in [5.74, 6) is -0.283. The summed E-state index contributed by atoms with van der Waals surface area (Å²) in [6.45, 7) is 4.75. The Kier molecular flexibility index (Phi) is 4.78. The van der Waals surface area contributed by atoms with Gasteiger partial charge in [-0.15, -0.1) is 0 Å². The summed E-state index contributed by atoms with van der Waals surface area (Å²) < 4.78 is 0. The van der Waals surface area contributed by atoms with Crippen molar-refractivity contribution in [1.29, 1.82) is 0 Å². The molecule has 1 saturated carbocycles. The second-order valence-electron chi connectivity index (χ2n) is 4.95. The van der Waals surface area contributed by atoms with Crippen molar-refractivity contribution in [2.24, 2.45) is 17.0 Å². The Morgan fingerprint density at radius 1 is 1.59 bits per heavy atom. The second kappa shape index (κ2) is 5.89. The third-order valence-corrected chi connectivity index (χ3v) is 3.70. The molecule has 0 amide bonds. The molecule has 3 atom stereocenters. The highest BCUT2D eigenvalue weighted by molar-refractivity contribution is 5.79. The first-order valence-corrected chi connectivity index (χ1v) is 6.02. The van der Waals surface area contributed by atoms with Crippen LogP contribution in [0.4, 0.5) is 0 Å². The second-order valence-corrected chi connectivity index (χ2v) is 4.95. The van der Waals surface area contributed by atoms with Crippen LogP contribution in [-0.2, 0) is 4.79 Å². The molecule has 0 bridgehead atoms. The van der Waals surface area contributed by atoms with E-state index in [0.29, 0.717) is 18.9 Å². The number of hydrogen-bond acceptors (Lipinski definition) is 3. The molecule has 0 saturated heterocycles. The van der Waals surface area contributed by atoms with Crippen LogP contribution in [0.1, 0.15) is 33.1 Å². The summed E-state index contributed by atoms with van der Waals surface area (Å²) in [6.07, 6.45) is 2.63. The van der Waals surface area contributed by atoms with Crippen molar-refractivity contribution in [3.8, 4) is 0 Å². The quantitative estimate of drug-likeness (QED) is 0.333. The van der Waals surface area contributed by atoms with Crippen LogP contribution in [0.25, 0.3) is 10.4 Å². The number of carbonyl (C=O) groups is 1. The van der Waals surface area contributed by atoms with Crippen molar-refractivity contribution >= 4 is 5.97 Å². The van der Waals surface area contributed by atoms with Gasteiger partial charge < -0.3 is 10.4 Å². The van der Waals surface area contributed by atoms with Crippen LogP contribution in [0.3, 0.4) is 0 Å². The van der Waals surface area contributed by atoms with Crippen LogP contribution in [0.2, 0.25) is 0 Å². The standard InChI is InChI=1S/C11H20N4O2/c1-8-3-4-9(2)11(7-8,10(16)17)13-5-6-14-15-12/h8-9,13H,3-7H2,1-2H3,(H,16,17). The van der Waals surface area contributed by atoms with E-state index in [-0.39, 0.29) is 12.5 Å². The van der Waals surface area contributed by atoms with Gasteiger partial charge in [0, 0.05) is 18.0 Å². The van der Waals surface area contributed by atoms with E-state index in [0.717, 1.165) is 12.8 Å². The molecule has 0 aliphatic heterocycles. The number of carboxylic acid groups (broad SMARTS) is 1. The fourth-order valence-electron chi connectivity index (χ4n) is 2.63. The lowest BCUT2D eigenvalue weighted by atomic mass is 9.69. The van der Waals surface area contributed by atoms with Crippen LogP contribution in [-0.4, -0.2) is 29.7 Å². The molecule has 0 heterocycles. The monoisotopic (exact) mass is 240 g/mol.